The van der Waals surface area contributed by atoms with Gasteiger partial charge in [0, 0.05) is 29.5 Å². The van der Waals surface area contributed by atoms with Gasteiger partial charge in [-0.15, -0.1) is 0 Å². The lowest BCUT2D eigenvalue weighted by Gasteiger charge is -2.21. The second-order valence-corrected chi connectivity index (χ2v) is 8.10. The predicted octanol–water partition coefficient (Wildman–Crippen LogP) is 4.93. The summed E-state index contributed by atoms with van der Waals surface area (Å²) in [6.45, 7) is 4.40. The molecule has 10 heteroatoms. The summed E-state index contributed by atoms with van der Waals surface area (Å²) in [7, 11) is 0. The van der Waals surface area contributed by atoms with Crippen LogP contribution < -0.4 is 5.56 Å². The molecule has 164 valence electrons. The van der Waals surface area contributed by atoms with Crippen molar-refractivity contribution < 1.29 is 27.1 Å². The van der Waals surface area contributed by atoms with Crippen molar-refractivity contribution in [2.45, 2.75) is 58.4 Å². The third-order valence-corrected chi connectivity index (χ3v) is 4.10. The van der Waals surface area contributed by atoms with E-state index in [1.807, 2.05) is 0 Å². The van der Waals surface area contributed by atoms with Gasteiger partial charge in [-0.1, -0.05) is 11.6 Å². The largest absolute Gasteiger partial charge is 0.459 e. The minimum atomic E-state index is -4.38. The number of carbonyl (C=O) groups excluding carboxylic acids is 1. The van der Waals surface area contributed by atoms with Gasteiger partial charge < -0.3 is 4.74 Å². The standard InChI is InChI=1S/C20H21ClF4N2O3/c1-19(2,3)30-18(29)11-27-16(5-4-8-20(23,24)25)26-15(10-17(27)28)13-7-6-12(21)9-14(13)22/h6-7,9-10H,4-5,8,11H2,1-3H3. The van der Waals surface area contributed by atoms with Gasteiger partial charge in [-0.05, 0) is 45.4 Å². The van der Waals surface area contributed by atoms with Gasteiger partial charge in [0.2, 0.25) is 0 Å². The zero-order chi connectivity index (χ0) is 22.7. The number of aromatic nitrogens is 2. The van der Waals surface area contributed by atoms with Gasteiger partial charge in [-0.25, -0.2) is 9.37 Å². The summed E-state index contributed by atoms with van der Waals surface area (Å²) in [5, 5.41) is 0.139. The van der Waals surface area contributed by atoms with Crippen LogP contribution in [0.4, 0.5) is 17.6 Å². The Bertz CT molecular complexity index is 981. The molecule has 2 aromatic rings. The lowest BCUT2D eigenvalue weighted by Crippen LogP contribution is -2.32. The van der Waals surface area contributed by atoms with Crippen molar-refractivity contribution in [2.75, 3.05) is 0 Å². The van der Waals surface area contributed by atoms with E-state index in [1.54, 1.807) is 20.8 Å². The highest BCUT2D eigenvalue weighted by atomic mass is 35.5. The zero-order valence-corrected chi connectivity index (χ0v) is 17.4. The fourth-order valence-electron chi connectivity index (χ4n) is 2.70. The molecule has 0 aliphatic heterocycles. The first kappa shape index (κ1) is 23.9. The van der Waals surface area contributed by atoms with Crippen molar-refractivity contribution in [2.24, 2.45) is 0 Å². The van der Waals surface area contributed by atoms with Crippen molar-refractivity contribution >= 4 is 17.6 Å². The van der Waals surface area contributed by atoms with E-state index in [0.717, 1.165) is 16.7 Å². The molecule has 0 unspecified atom stereocenters. The van der Waals surface area contributed by atoms with Gasteiger partial charge in [-0.2, -0.15) is 13.2 Å². The van der Waals surface area contributed by atoms with Crippen LogP contribution in [0.2, 0.25) is 5.02 Å². The van der Waals surface area contributed by atoms with Crippen LogP contribution in [0.15, 0.2) is 29.1 Å². The number of nitrogens with zero attached hydrogens (tertiary/aromatic N) is 2. The third-order valence-electron chi connectivity index (χ3n) is 3.86. The smallest absolute Gasteiger partial charge is 0.389 e. The van der Waals surface area contributed by atoms with E-state index in [4.69, 9.17) is 16.3 Å². The number of ether oxygens (including phenoxy) is 1. The first-order valence-corrected chi connectivity index (χ1v) is 9.48. The maximum absolute atomic E-state index is 14.2. The Balaban J connectivity index is 2.44. The van der Waals surface area contributed by atoms with E-state index in [-0.39, 0.29) is 34.9 Å². The first-order valence-electron chi connectivity index (χ1n) is 9.10. The Morgan fingerprint density at radius 3 is 2.43 bits per heavy atom. The van der Waals surface area contributed by atoms with E-state index in [1.165, 1.54) is 12.1 Å². The maximum Gasteiger partial charge on any atom is 0.389 e. The van der Waals surface area contributed by atoms with E-state index in [0.29, 0.717) is 0 Å². The molecule has 30 heavy (non-hydrogen) atoms. The molecule has 0 aliphatic carbocycles. The molecule has 1 heterocycles. The monoisotopic (exact) mass is 448 g/mol. The van der Waals surface area contributed by atoms with Crippen LogP contribution in [0.5, 0.6) is 0 Å². The van der Waals surface area contributed by atoms with Crippen LogP contribution in [0, 0.1) is 5.82 Å². The molecule has 0 N–H and O–H groups in total. The summed E-state index contributed by atoms with van der Waals surface area (Å²) in [5.74, 6) is -1.55. The Morgan fingerprint density at radius 1 is 1.20 bits per heavy atom. The Hall–Kier alpha value is -2.42. The topological polar surface area (TPSA) is 61.2 Å². The number of hydrogen-bond donors (Lipinski definition) is 0. The lowest BCUT2D eigenvalue weighted by molar-refractivity contribution is -0.155. The molecule has 0 amide bonds. The predicted molar refractivity (Wildman–Crippen MR) is 104 cm³/mol. The van der Waals surface area contributed by atoms with Crippen molar-refractivity contribution in [3.63, 3.8) is 0 Å². The van der Waals surface area contributed by atoms with Crippen LogP contribution in [0.1, 0.15) is 39.4 Å². The van der Waals surface area contributed by atoms with Crippen LogP contribution in [0.3, 0.4) is 0 Å². The molecule has 0 bridgehead atoms. The van der Waals surface area contributed by atoms with Gasteiger partial charge in [0.05, 0.1) is 5.69 Å². The molecular formula is C20H21ClF4N2O3. The molecule has 0 spiro atoms. The molecule has 0 saturated heterocycles. The highest BCUT2D eigenvalue weighted by Gasteiger charge is 2.27. The van der Waals surface area contributed by atoms with Crippen LogP contribution >= 0.6 is 11.6 Å². The molecule has 0 aliphatic rings. The number of hydrogen-bond acceptors (Lipinski definition) is 4. The van der Waals surface area contributed by atoms with Crippen LogP contribution in [-0.2, 0) is 22.5 Å². The summed E-state index contributed by atoms with van der Waals surface area (Å²) >= 11 is 5.73. The van der Waals surface area contributed by atoms with Crippen LogP contribution in [0.25, 0.3) is 11.3 Å². The number of esters is 1. The molecule has 1 aromatic carbocycles. The fourth-order valence-corrected chi connectivity index (χ4v) is 2.86. The van der Waals surface area contributed by atoms with Gasteiger partial charge in [0.25, 0.3) is 5.56 Å². The normalized spacial score (nSPS) is 12.1. The summed E-state index contributed by atoms with van der Waals surface area (Å²) in [4.78, 5) is 28.9. The molecular weight excluding hydrogens is 428 g/mol. The van der Waals surface area contributed by atoms with E-state index in [9.17, 15) is 27.2 Å². The second kappa shape index (κ2) is 9.16. The Morgan fingerprint density at radius 2 is 1.87 bits per heavy atom. The fraction of sp³-hybridized carbons (Fsp3) is 0.450. The summed E-state index contributed by atoms with van der Waals surface area (Å²) in [5.41, 5.74) is -1.60. The summed E-state index contributed by atoms with van der Waals surface area (Å²) < 4.78 is 58.0. The van der Waals surface area contributed by atoms with Crippen molar-refractivity contribution in [1.82, 2.24) is 9.55 Å². The van der Waals surface area contributed by atoms with Crippen molar-refractivity contribution in [1.29, 1.82) is 0 Å². The molecule has 0 atom stereocenters. The summed E-state index contributed by atoms with van der Waals surface area (Å²) in [6, 6.07) is 4.77. The lowest BCUT2D eigenvalue weighted by atomic mass is 10.1. The van der Waals surface area contributed by atoms with Crippen molar-refractivity contribution in [3.05, 3.63) is 51.3 Å². The van der Waals surface area contributed by atoms with E-state index < -0.39 is 42.1 Å². The van der Waals surface area contributed by atoms with Gasteiger partial charge in [-0.3, -0.25) is 14.2 Å². The second-order valence-electron chi connectivity index (χ2n) is 7.66. The van der Waals surface area contributed by atoms with Crippen molar-refractivity contribution in [3.8, 4) is 11.3 Å². The maximum atomic E-state index is 14.2. The highest BCUT2D eigenvalue weighted by Crippen LogP contribution is 2.25. The molecule has 5 nitrogen and oxygen atoms in total. The SMILES string of the molecule is CC(C)(C)OC(=O)Cn1c(CCCC(F)(F)F)nc(-c2ccc(Cl)cc2F)cc1=O. The average molecular weight is 449 g/mol. The van der Waals surface area contributed by atoms with Gasteiger partial charge in [0.15, 0.2) is 0 Å². The number of aryl methyl sites for hydroxylation is 1. The van der Waals surface area contributed by atoms with Gasteiger partial charge in [0.1, 0.15) is 23.8 Å². The number of rotatable bonds is 6. The zero-order valence-electron chi connectivity index (χ0n) is 16.6. The molecule has 0 radical (unpaired) electrons. The number of halogens is 5. The number of alkyl halides is 3. The highest BCUT2D eigenvalue weighted by molar-refractivity contribution is 6.30. The molecule has 2 rings (SSSR count). The molecule has 0 fully saturated rings. The Kier molecular flexibility index (Phi) is 7.28. The minimum Gasteiger partial charge on any atom is -0.459 e. The average Bonchev–Trinajstić information content (AvgIpc) is 2.54. The summed E-state index contributed by atoms with van der Waals surface area (Å²) in [6.07, 6.45) is -6.05. The number of benzene rings is 1. The molecule has 1 aromatic heterocycles. The third kappa shape index (κ3) is 7.12. The van der Waals surface area contributed by atoms with E-state index >= 15 is 0 Å². The Labute approximate surface area is 175 Å². The minimum absolute atomic E-state index is 0.0296. The molecule has 0 saturated carbocycles. The van der Waals surface area contributed by atoms with E-state index in [2.05, 4.69) is 4.98 Å². The quantitative estimate of drug-likeness (QED) is 0.464. The first-order chi connectivity index (χ1) is 13.7. The van der Waals surface area contributed by atoms with Crippen LogP contribution in [-0.4, -0.2) is 27.3 Å². The number of carbonyl (C=O) groups is 1. The van der Waals surface area contributed by atoms with Gasteiger partial charge >= 0.3 is 12.1 Å².